The molecular weight excluding hydrogens is 252 g/mol. The van der Waals surface area contributed by atoms with E-state index >= 15 is 0 Å². The first-order valence-corrected chi connectivity index (χ1v) is 6.41. The molecule has 0 spiro atoms. The molecule has 0 saturated carbocycles. The SMILES string of the molecule is CCS(=O)(=O)c1cc(Br)ccc1C. The van der Waals surface area contributed by atoms with E-state index in [0.717, 1.165) is 10.0 Å². The summed E-state index contributed by atoms with van der Waals surface area (Å²) >= 11 is 3.25. The molecule has 0 aliphatic rings. The van der Waals surface area contributed by atoms with Gasteiger partial charge < -0.3 is 0 Å². The Morgan fingerprint density at radius 1 is 1.38 bits per heavy atom. The lowest BCUT2D eigenvalue weighted by Crippen LogP contribution is -2.05. The van der Waals surface area contributed by atoms with Gasteiger partial charge in [0.2, 0.25) is 0 Å². The Bertz CT molecular complexity index is 410. The minimum absolute atomic E-state index is 0.143. The molecule has 72 valence electrons. The van der Waals surface area contributed by atoms with Crippen LogP contribution in [-0.4, -0.2) is 14.2 Å². The van der Waals surface area contributed by atoms with E-state index in [0.29, 0.717) is 4.90 Å². The van der Waals surface area contributed by atoms with Crippen LogP contribution in [0.25, 0.3) is 0 Å². The van der Waals surface area contributed by atoms with Gasteiger partial charge in [-0.15, -0.1) is 0 Å². The second-order valence-electron chi connectivity index (χ2n) is 2.81. The molecule has 0 aliphatic carbocycles. The molecule has 0 aliphatic heterocycles. The first-order valence-electron chi connectivity index (χ1n) is 3.96. The van der Waals surface area contributed by atoms with E-state index in [2.05, 4.69) is 15.9 Å². The number of halogens is 1. The van der Waals surface area contributed by atoms with Crippen molar-refractivity contribution in [3.63, 3.8) is 0 Å². The van der Waals surface area contributed by atoms with E-state index in [4.69, 9.17) is 0 Å². The second-order valence-corrected chi connectivity index (χ2v) is 5.98. The standard InChI is InChI=1S/C9H11BrO2S/c1-3-13(11,12)9-6-8(10)5-4-7(9)2/h4-6H,3H2,1-2H3. The highest BCUT2D eigenvalue weighted by atomic mass is 79.9. The van der Waals surface area contributed by atoms with Gasteiger partial charge in [0, 0.05) is 4.47 Å². The Morgan fingerprint density at radius 3 is 2.54 bits per heavy atom. The first-order chi connectivity index (χ1) is 5.97. The molecule has 0 fully saturated rings. The molecule has 0 aromatic heterocycles. The van der Waals surface area contributed by atoms with Crippen molar-refractivity contribution in [2.75, 3.05) is 5.75 Å². The van der Waals surface area contributed by atoms with E-state index in [1.165, 1.54) is 0 Å². The summed E-state index contributed by atoms with van der Waals surface area (Å²) in [5.41, 5.74) is 0.796. The lowest BCUT2D eigenvalue weighted by Gasteiger charge is -2.05. The summed E-state index contributed by atoms with van der Waals surface area (Å²) < 4.78 is 23.9. The van der Waals surface area contributed by atoms with Gasteiger partial charge in [-0.2, -0.15) is 0 Å². The maximum Gasteiger partial charge on any atom is 0.178 e. The van der Waals surface area contributed by atoms with Gasteiger partial charge in [0.05, 0.1) is 10.6 Å². The smallest absolute Gasteiger partial charge is 0.178 e. The summed E-state index contributed by atoms with van der Waals surface area (Å²) in [4.78, 5) is 0.421. The third-order valence-electron chi connectivity index (χ3n) is 1.87. The molecule has 0 saturated heterocycles. The second kappa shape index (κ2) is 3.80. The van der Waals surface area contributed by atoms with Gasteiger partial charge in [-0.25, -0.2) is 8.42 Å². The Labute approximate surface area is 87.0 Å². The lowest BCUT2D eigenvalue weighted by molar-refractivity contribution is 0.596. The third kappa shape index (κ3) is 2.31. The van der Waals surface area contributed by atoms with E-state index < -0.39 is 9.84 Å². The van der Waals surface area contributed by atoms with Crippen molar-refractivity contribution in [1.29, 1.82) is 0 Å². The lowest BCUT2D eigenvalue weighted by atomic mass is 10.2. The molecule has 2 nitrogen and oxygen atoms in total. The van der Waals surface area contributed by atoms with Crippen LogP contribution in [0.3, 0.4) is 0 Å². The number of sulfone groups is 1. The van der Waals surface area contributed by atoms with Crippen LogP contribution in [0.15, 0.2) is 27.6 Å². The Hall–Kier alpha value is -0.350. The predicted molar refractivity (Wildman–Crippen MR) is 56.6 cm³/mol. The summed E-state index contributed by atoms with van der Waals surface area (Å²) in [6, 6.07) is 5.28. The Morgan fingerprint density at radius 2 is 2.00 bits per heavy atom. The van der Waals surface area contributed by atoms with Crippen LogP contribution in [0.1, 0.15) is 12.5 Å². The minimum Gasteiger partial charge on any atom is -0.224 e. The van der Waals surface area contributed by atoms with Crippen LogP contribution >= 0.6 is 15.9 Å². The van der Waals surface area contributed by atoms with E-state index in [1.807, 2.05) is 6.07 Å². The van der Waals surface area contributed by atoms with Crippen molar-refractivity contribution >= 4 is 25.8 Å². The molecule has 0 amide bonds. The maximum absolute atomic E-state index is 11.6. The van der Waals surface area contributed by atoms with Gasteiger partial charge in [0.15, 0.2) is 9.84 Å². The average molecular weight is 263 g/mol. The van der Waals surface area contributed by atoms with Crippen LogP contribution < -0.4 is 0 Å². The number of benzene rings is 1. The number of rotatable bonds is 2. The molecular formula is C9H11BrO2S. The van der Waals surface area contributed by atoms with Crippen LogP contribution in [0, 0.1) is 6.92 Å². The summed E-state index contributed by atoms with van der Waals surface area (Å²) in [6.45, 7) is 3.45. The van der Waals surface area contributed by atoms with Gasteiger partial charge >= 0.3 is 0 Å². The van der Waals surface area contributed by atoms with Gasteiger partial charge in [0.1, 0.15) is 0 Å². The summed E-state index contributed by atoms with van der Waals surface area (Å²) in [6.07, 6.45) is 0. The molecule has 1 rings (SSSR count). The Kier molecular flexibility index (Phi) is 3.14. The fourth-order valence-electron chi connectivity index (χ4n) is 1.06. The molecule has 0 unspecified atom stereocenters. The average Bonchev–Trinajstić information content (AvgIpc) is 2.09. The minimum atomic E-state index is -3.08. The fraction of sp³-hybridized carbons (Fsp3) is 0.333. The molecule has 0 N–H and O–H groups in total. The fourth-order valence-corrected chi connectivity index (χ4v) is 2.75. The van der Waals surface area contributed by atoms with Crippen molar-refractivity contribution in [2.45, 2.75) is 18.7 Å². The number of hydrogen-bond donors (Lipinski definition) is 0. The molecule has 4 heteroatoms. The summed E-state index contributed by atoms with van der Waals surface area (Å²) in [7, 11) is -3.08. The topological polar surface area (TPSA) is 34.1 Å². The molecule has 1 aromatic rings. The quantitative estimate of drug-likeness (QED) is 0.821. The van der Waals surface area contributed by atoms with Crippen LogP contribution in [-0.2, 0) is 9.84 Å². The zero-order valence-electron chi connectivity index (χ0n) is 7.54. The number of aryl methyl sites for hydroxylation is 1. The van der Waals surface area contributed by atoms with Gasteiger partial charge in [-0.3, -0.25) is 0 Å². The van der Waals surface area contributed by atoms with E-state index in [-0.39, 0.29) is 5.75 Å². The van der Waals surface area contributed by atoms with Crippen molar-refractivity contribution in [1.82, 2.24) is 0 Å². The molecule has 1 aromatic carbocycles. The van der Waals surface area contributed by atoms with E-state index in [1.54, 1.807) is 26.0 Å². The largest absolute Gasteiger partial charge is 0.224 e. The van der Waals surface area contributed by atoms with Gasteiger partial charge in [0.25, 0.3) is 0 Å². The molecule has 0 bridgehead atoms. The normalized spacial score (nSPS) is 11.6. The van der Waals surface area contributed by atoms with E-state index in [9.17, 15) is 8.42 Å². The Balaban J connectivity index is 3.38. The maximum atomic E-state index is 11.6. The highest BCUT2D eigenvalue weighted by Gasteiger charge is 2.14. The summed E-state index contributed by atoms with van der Waals surface area (Å²) in [5, 5.41) is 0. The number of hydrogen-bond acceptors (Lipinski definition) is 2. The molecule has 0 atom stereocenters. The van der Waals surface area contributed by atoms with Crippen molar-refractivity contribution in [3.8, 4) is 0 Å². The molecule has 0 radical (unpaired) electrons. The van der Waals surface area contributed by atoms with Crippen molar-refractivity contribution in [2.24, 2.45) is 0 Å². The van der Waals surface area contributed by atoms with Crippen LogP contribution in [0.4, 0.5) is 0 Å². The highest BCUT2D eigenvalue weighted by Crippen LogP contribution is 2.21. The van der Waals surface area contributed by atoms with Crippen molar-refractivity contribution < 1.29 is 8.42 Å². The summed E-state index contributed by atoms with van der Waals surface area (Å²) in [5.74, 6) is 0.143. The highest BCUT2D eigenvalue weighted by molar-refractivity contribution is 9.10. The predicted octanol–water partition coefficient (Wildman–Crippen LogP) is 2.55. The van der Waals surface area contributed by atoms with Gasteiger partial charge in [-0.05, 0) is 24.6 Å². The first kappa shape index (κ1) is 10.7. The molecule has 13 heavy (non-hydrogen) atoms. The van der Waals surface area contributed by atoms with Crippen LogP contribution in [0.5, 0.6) is 0 Å². The zero-order chi connectivity index (χ0) is 10.1. The van der Waals surface area contributed by atoms with Crippen LogP contribution in [0.2, 0.25) is 0 Å². The van der Waals surface area contributed by atoms with Crippen molar-refractivity contribution in [3.05, 3.63) is 28.2 Å². The monoisotopic (exact) mass is 262 g/mol. The van der Waals surface area contributed by atoms with Gasteiger partial charge in [-0.1, -0.05) is 28.9 Å². The molecule has 0 heterocycles. The zero-order valence-corrected chi connectivity index (χ0v) is 9.94. The third-order valence-corrected chi connectivity index (χ3v) is 4.23.